The Morgan fingerprint density at radius 2 is 1.65 bits per heavy atom. The molecular weight excluding hydrogens is 416 g/mol. The molecular formula is C22H20N4O4S. The molecule has 2 aromatic carbocycles. The minimum absolute atomic E-state index is 0.0271. The summed E-state index contributed by atoms with van der Waals surface area (Å²) < 4.78 is 29.6. The average Bonchev–Trinajstić information content (AvgIpc) is 2.78. The van der Waals surface area contributed by atoms with Gasteiger partial charge in [-0.1, -0.05) is 48.5 Å². The molecule has 0 atom stereocenters. The summed E-state index contributed by atoms with van der Waals surface area (Å²) in [5.74, 6) is 0. The van der Waals surface area contributed by atoms with E-state index in [0.29, 0.717) is 12.1 Å². The van der Waals surface area contributed by atoms with E-state index >= 15 is 0 Å². The van der Waals surface area contributed by atoms with Crippen molar-refractivity contribution in [3.63, 3.8) is 0 Å². The summed E-state index contributed by atoms with van der Waals surface area (Å²) in [4.78, 5) is 30.2. The number of aromatic amines is 1. The molecule has 0 spiro atoms. The van der Waals surface area contributed by atoms with Gasteiger partial charge in [-0.25, -0.2) is 18.2 Å². The molecule has 31 heavy (non-hydrogen) atoms. The van der Waals surface area contributed by atoms with Gasteiger partial charge in [0.2, 0.25) is 0 Å². The van der Waals surface area contributed by atoms with Crippen LogP contribution in [0, 0.1) is 0 Å². The molecule has 0 amide bonds. The van der Waals surface area contributed by atoms with Crippen LogP contribution in [0.4, 0.5) is 5.69 Å². The monoisotopic (exact) mass is 436 g/mol. The van der Waals surface area contributed by atoms with Crippen molar-refractivity contribution in [3.8, 4) is 0 Å². The minimum Gasteiger partial charge on any atom is -0.281 e. The van der Waals surface area contributed by atoms with Gasteiger partial charge in [-0.05, 0) is 30.2 Å². The quantitative estimate of drug-likeness (QED) is 0.498. The molecule has 8 nitrogen and oxygen atoms in total. The third-order valence-corrected chi connectivity index (χ3v) is 6.80. The highest BCUT2D eigenvalue weighted by Gasteiger charge is 2.26. The van der Waals surface area contributed by atoms with Crippen molar-refractivity contribution in [2.24, 2.45) is 7.05 Å². The molecule has 0 aliphatic heterocycles. The van der Waals surface area contributed by atoms with Crippen LogP contribution < -0.4 is 15.6 Å². The van der Waals surface area contributed by atoms with Gasteiger partial charge < -0.3 is 0 Å². The fourth-order valence-corrected chi connectivity index (χ4v) is 4.78. The first-order chi connectivity index (χ1) is 14.9. The van der Waals surface area contributed by atoms with Crippen LogP contribution in [0.1, 0.15) is 5.56 Å². The Hall–Kier alpha value is -3.72. The second kappa shape index (κ2) is 8.19. The Kier molecular flexibility index (Phi) is 5.43. The highest BCUT2D eigenvalue weighted by molar-refractivity contribution is 7.92. The van der Waals surface area contributed by atoms with Crippen LogP contribution in [-0.2, 0) is 23.5 Å². The molecule has 2 heterocycles. The number of sulfonamides is 1. The zero-order chi connectivity index (χ0) is 22.0. The maximum atomic E-state index is 13.6. The standard InChI is InChI=1S/C22H20N4O4S/c1-25-20-19(21(27)24-22(25)28)14-18(15-23-20)31(29,30)26(17-10-6-3-7-11-17)13-12-16-8-4-2-5-9-16/h2-11,14-15H,12-13H2,1H3,(H,24,27,28). The van der Waals surface area contributed by atoms with E-state index in [2.05, 4.69) is 9.97 Å². The number of aryl methyl sites for hydroxylation is 1. The van der Waals surface area contributed by atoms with E-state index in [4.69, 9.17) is 0 Å². The van der Waals surface area contributed by atoms with Gasteiger partial charge in [0.15, 0.2) is 0 Å². The van der Waals surface area contributed by atoms with E-state index in [0.717, 1.165) is 10.1 Å². The summed E-state index contributed by atoms with van der Waals surface area (Å²) in [6.07, 6.45) is 1.68. The number of pyridine rings is 1. The van der Waals surface area contributed by atoms with E-state index in [1.807, 2.05) is 36.4 Å². The van der Waals surface area contributed by atoms with Crippen molar-refractivity contribution in [2.45, 2.75) is 11.3 Å². The molecule has 0 bridgehead atoms. The molecule has 158 valence electrons. The SMILES string of the molecule is Cn1c(=O)[nH]c(=O)c2cc(S(=O)(=O)N(CCc3ccccc3)c3ccccc3)cnc21. The number of aromatic nitrogens is 3. The Bertz CT molecular complexity index is 1450. The summed E-state index contributed by atoms with van der Waals surface area (Å²) in [5.41, 5.74) is 0.324. The van der Waals surface area contributed by atoms with Crippen LogP contribution in [0.3, 0.4) is 0 Å². The molecule has 0 fully saturated rings. The summed E-state index contributed by atoms with van der Waals surface area (Å²) in [6, 6.07) is 19.6. The number of rotatable bonds is 6. The predicted octanol–water partition coefficient (Wildman–Crippen LogP) is 2.06. The highest BCUT2D eigenvalue weighted by Crippen LogP contribution is 2.24. The largest absolute Gasteiger partial charge is 0.329 e. The Balaban J connectivity index is 1.80. The van der Waals surface area contributed by atoms with Crippen LogP contribution >= 0.6 is 0 Å². The molecule has 0 aliphatic carbocycles. The molecule has 4 rings (SSSR count). The maximum Gasteiger partial charge on any atom is 0.329 e. The lowest BCUT2D eigenvalue weighted by Crippen LogP contribution is -2.34. The molecule has 0 radical (unpaired) electrons. The van der Waals surface area contributed by atoms with Gasteiger partial charge in [-0.2, -0.15) is 0 Å². The number of H-pyrrole nitrogens is 1. The number of fused-ring (bicyclic) bond motifs is 1. The molecule has 0 unspecified atom stereocenters. The van der Waals surface area contributed by atoms with Gasteiger partial charge in [0, 0.05) is 19.8 Å². The van der Waals surface area contributed by atoms with Crippen LogP contribution in [0.5, 0.6) is 0 Å². The number of para-hydroxylation sites is 1. The first kappa shape index (κ1) is 20.5. The highest BCUT2D eigenvalue weighted by atomic mass is 32.2. The van der Waals surface area contributed by atoms with Gasteiger partial charge in [0.1, 0.15) is 10.5 Å². The lowest BCUT2D eigenvalue weighted by Gasteiger charge is -2.24. The van der Waals surface area contributed by atoms with Crippen LogP contribution in [0.2, 0.25) is 0 Å². The van der Waals surface area contributed by atoms with Crippen LogP contribution in [-0.4, -0.2) is 29.5 Å². The number of nitrogens with zero attached hydrogens (tertiary/aromatic N) is 3. The van der Waals surface area contributed by atoms with Crippen molar-refractivity contribution in [2.75, 3.05) is 10.8 Å². The second-order valence-corrected chi connectivity index (χ2v) is 8.87. The Morgan fingerprint density at radius 1 is 1.00 bits per heavy atom. The first-order valence-electron chi connectivity index (χ1n) is 9.59. The summed E-state index contributed by atoms with van der Waals surface area (Å²) in [6.45, 7) is 0.206. The van der Waals surface area contributed by atoms with Crippen molar-refractivity contribution < 1.29 is 8.42 Å². The summed E-state index contributed by atoms with van der Waals surface area (Å²) in [5, 5.41) is 0.0271. The third-order valence-electron chi connectivity index (χ3n) is 5.01. The zero-order valence-electron chi connectivity index (χ0n) is 16.7. The van der Waals surface area contributed by atoms with E-state index in [9.17, 15) is 18.0 Å². The van der Waals surface area contributed by atoms with Crippen molar-refractivity contribution >= 4 is 26.7 Å². The van der Waals surface area contributed by atoms with Gasteiger partial charge in [-0.15, -0.1) is 0 Å². The molecule has 2 aromatic heterocycles. The normalized spacial score (nSPS) is 11.5. The number of benzene rings is 2. The van der Waals surface area contributed by atoms with Gasteiger partial charge >= 0.3 is 5.69 Å². The lowest BCUT2D eigenvalue weighted by atomic mass is 10.1. The van der Waals surface area contributed by atoms with Crippen molar-refractivity contribution in [1.82, 2.24) is 14.5 Å². The molecule has 0 saturated carbocycles. The van der Waals surface area contributed by atoms with E-state index in [1.54, 1.807) is 24.3 Å². The van der Waals surface area contributed by atoms with E-state index in [-0.39, 0.29) is 22.5 Å². The molecule has 4 aromatic rings. The second-order valence-electron chi connectivity index (χ2n) is 7.01. The fraction of sp³-hybridized carbons (Fsp3) is 0.136. The smallest absolute Gasteiger partial charge is 0.281 e. The van der Waals surface area contributed by atoms with E-state index < -0.39 is 21.3 Å². The maximum absolute atomic E-state index is 13.6. The van der Waals surface area contributed by atoms with Crippen molar-refractivity contribution in [3.05, 3.63) is 99.3 Å². The van der Waals surface area contributed by atoms with Gasteiger partial charge in [0.25, 0.3) is 15.6 Å². The van der Waals surface area contributed by atoms with Crippen LogP contribution in [0.15, 0.2) is 87.4 Å². The minimum atomic E-state index is -4.02. The molecule has 1 N–H and O–H groups in total. The van der Waals surface area contributed by atoms with Gasteiger partial charge in [-0.3, -0.25) is 18.7 Å². The number of hydrogen-bond donors (Lipinski definition) is 1. The Labute approximate surface area is 178 Å². The van der Waals surface area contributed by atoms with Gasteiger partial charge in [0.05, 0.1) is 11.1 Å². The predicted molar refractivity (Wildman–Crippen MR) is 119 cm³/mol. The lowest BCUT2D eigenvalue weighted by molar-refractivity contribution is 0.590. The van der Waals surface area contributed by atoms with Crippen LogP contribution in [0.25, 0.3) is 11.0 Å². The molecule has 9 heteroatoms. The molecule has 0 aliphatic rings. The summed E-state index contributed by atoms with van der Waals surface area (Å²) >= 11 is 0. The first-order valence-corrected chi connectivity index (χ1v) is 11.0. The number of nitrogens with one attached hydrogen (secondary N) is 1. The summed E-state index contributed by atoms with van der Waals surface area (Å²) in [7, 11) is -2.57. The van der Waals surface area contributed by atoms with Crippen molar-refractivity contribution in [1.29, 1.82) is 0 Å². The van der Waals surface area contributed by atoms with E-state index in [1.165, 1.54) is 23.6 Å². The molecule has 0 saturated heterocycles. The third kappa shape index (κ3) is 3.99. The fourth-order valence-electron chi connectivity index (χ4n) is 3.34. The average molecular weight is 436 g/mol. The number of hydrogen-bond acceptors (Lipinski definition) is 5. The zero-order valence-corrected chi connectivity index (χ0v) is 17.5. The number of anilines is 1. The Morgan fingerprint density at radius 3 is 2.32 bits per heavy atom. The topological polar surface area (TPSA) is 105 Å².